The first-order valence-corrected chi connectivity index (χ1v) is 7.08. The lowest BCUT2D eigenvalue weighted by Crippen LogP contribution is -2.06. The summed E-state index contributed by atoms with van der Waals surface area (Å²) in [6, 6.07) is 15.1. The summed E-state index contributed by atoms with van der Waals surface area (Å²) < 4.78 is 14.5. The number of hydrogen-bond donors (Lipinski definition) is 0. The van der Waals surface area contributed by atoms with E-state index >= 15 is 0 Å². The average molecular weight is 328 g/mol. The molecular weight excluding hydrogens is 315 g/mol. The zero-order chi connectivity index (χ0) is 13.0. The Kier molecular flexibility index (Phi) is 4.79. The fourth-order valence-corrected chi connectivity index (χ4v) is 2.56. The van der Waals surface area contributed by atoms with Crippen LogP contribution in [0, 0.1) is 5.82 Å². The summed E-state index contributed by atoms with van der Waals surface area (Å²) in [6.45, 7) is 0. The second-order valence-corrected chi connectivity index (χ2v) is 5.43. The summed E-state index contributed by atoms with van der Waals surface area (Å²) in [6.07, 6.45) is 0.618. The third-order valence-electron chi connectivity index (χ3n) is 2.94. The minimum absolute atomic E-state index is 0.142. The summed E-state index contributed by atoms with van der Waals surface area (Å²) in [5.74, 6) is 0.443. The molecule has 1 atom stereocenters. The largest absolute Gasteiger partial charge is 0.207 e. The van der Waals surface area contributed by atoms with Crippen molar-refractivity contribution in [3.05, 3.63) is 69.9 Å². The summed E-state index contributed by atoms with van der Waals surface area (Å²) in [4.78, 5) is 0. The van der Waals surface area contributed by atoms with Gasteiger partial charge in [0.05, 0.1) is 0 Å². The van der Waals surface area contributed by atoms with Crippen molar-refractivity contribution < 1.29 is 4.39 Å². The molecule has 94 valence electrons. The molecule has 0 N–H and O–H groups in total. The van der Waals surface area contributed by atoms with Crippen molar-refractivity contribution in [3.63, 3.8) is 0 Å². The van der Waals surface area contributed by atoms with Crippen LogP contribution in [0.2, 0.25) is 0 Å². The van der Waals surface area contributed by atoms with Crippen molar-refractivity contribution in [1.29, 1.82) is 0 Å². The molecule has 0 aliphatic rings. The molecule has 1 unspecified atom stereocenters. The summed E-state index contributed by atoms with van der Waals surface area (Å²) >= 11 is 9.26. The van der Waals surface area contributed by atoms with Gasteiger partial charge in [-0.25, -0.2) is 4.39 Å². The van der Waals surface area contributed by atoms with Crippen LogP contribution in [0.4, 0.5) is 4.39 Å². The summed E-state index contributed by atoms with van der Waals surface area (Å²) in [5.41, 5.74) is 1.85. The van der Waals surface area contributed by atoms with Gasteiger partial charge in [-0.15, -0.1) is 11.6 Å². The minimum Gasteiger partial charge on any atom is -0.207 e. The van der Waals surface area contributed by atoms with Gasteiger partial charge in [-0.2, -0.15) is 0 Å². The molecular formula is C15H13BrClF. The predicted molar refractivity (Wildman–Crippen MR) is 77.7 cm³/mol. The Balaban J connectivity index is 2.21. The van der Waals surface area contributed by atoms with E-state index < -0.39 is 0 Å². The van der Waals surface area contributed by atoms with E-state index in [9.17, 15) is 4.39 Å². The van der Waals surface area contributed by atoms with E-state index in [2.05, 4.69) is 15.9 Å². The number of halogens is 3. The second-order valence-electron chi connectivity index (χ2n) is 4.20. The molecule has 0 nitrogen and oxygen atoms in total. The van der Waals surface area contributed by atoms with Gasteiger partial charge in [0, 0.05) is 16.3 Å². The average Bonchev–Trinajstić information content (AvgIpc) is 2.39. The fourth-order valence-electron chi connectivity index (χ4n) is 1.94. The SMILES string of the molecule is Fc1cc(Br)ccc1CC(CCl)c1ccccc1. The second kappa shape index (κ2) is 6.35. The van der Waals surface area contributed by atoms with Gasteiger partial charge in [0.25, 0.3) is 0 Å². The zero-order valence-corrected chi connectivity index (χ0v) is 12.1. The summed E-state index contributed by atoms with van der Waals surface area (Å²) in [7, 11) is 0. The highest BCUT2D eigenvalue weighted by Crippen LogP contribution is 2.25. The van der Waals surface area contributed by atoms with Crippen LogP contribution in [0.15, 0.2) is 53.0 Å². The molecule has 0 fully saturated rings. The van der Waals surface area contributed by atoms with E-state index in [1.807, 2.05) is 42.5 Å². The van der Waals surface area contributed by atoms with Crippen molar-refractivity contribution in [1.82, 2.24) is 0 Å². The molecule has 0 saturated heterocycles. The van der Waals surface area contributed by atoms with Crippen LogP contribution in [0.1, 0.15) is 17.0 Å². The van der Waals surface area contributed by atoms with Crippen LogP contribution in [0.25, 0.3) is 0 Å². The van der Waals surface area contributed by atoms with E-state index in [4.69, 9.17) is 11.6 Å². The number of benzene rings is 2. The third kappa shape index (κ3) is 3.33. The highest BCUT2D eigenvalue weighted by Gasteiger charge is 2.13. The molecule has 0 aliphatic heterocycles. The predicted octanol–water partition coefficient (Wildman–Crippen LogP) is 5.15. The molecule has 0 aliphatic carbocycles. The monoisotopic (exact) mass is 326 g/mol. The smallest absolute Gasteiger partial charge is 0.127 e. The molecule has 2 aromatic carbocycles. The Morgan fingerprint density at radius 3 is 2.44 bits per heavy atom. The Morgan fingerprint density at radius 1 is 1.11 bits per heavy atom. The molecule has 2 aromatic rings. The number of rotatable bonds is 4. The Morgan fingerprint density at radius 2 is 1.83 bits per heavy atom. The number of hydrogen-bond acceptors (Lipinski definition) is 0. The van der Waals surface area contributed by atoms with Gasteiger partial charge >= 0.3 is 0 Å². The maximum atomic E-state index is 13.8. The van der Waals surface area contributed by atoms with E-state index in [0.29, 0.717) is 17.9 Å². The van der Waals surface area contributed by atoms with Crippen LogP contribution in [0.5, 0.6) is 0 Å². The minimum atomic E-state index is -0.185. The third-order valence-corrected chi connectivity index (χ3v) is 3.80. The van der Waals surface area contributed by atoms with Gasteiger partial charge in [-0.1, -0.05) is 52.3 Å². The van der Waals surface area contributed by atoms with E-state index in [1.165, 1.54) is 6.07 Å². The maximum Gasteiger partial charge on any atom is 0.127 e. The zero-order valence-electron chi connectivity index (χ0n) is 9.74. The van der Waals surface area contributed by atoms with Gasteiger partial charge in [0.2, 0.25) is 0 Å². The quantitative estimate of drug-likeness (QED) is 0.681. The Hall–Kier alpha value is -0.860. The fraction of sp³-hybridized carbons (Fsp3) is 0.200. The molecule has 0 aromatic heterocycles. The van der Waals surface area contributed by atoms with Crippen LogP contribution in [-0.4, -0.2) is 5.88 Å². The molecule has 18 heavy (non-hydrogen) atoms. The van der Waals surface area contributed by atoms with Crippen LogP contribution >= 0.6 is 27.5 Å². The highest BCUT2D eigenvalue weighted by atomic mass is 79.9. The van der Waals surface area contributed by atoms with Crippen molar-refractivity contribution >= 4 is 27.5 Å². The summed E-state index contributed by atoms with van der Waals surface area (Å²) in [5, 5.41) is 0. The maximum absolute atomic E-state index is 13.8. The van der Waals surface area contributed by atoms with Crippen molar-refractivity contribution in [2.24, 2.45) is 0 Å². The molecule has 0 amide bonds. The molecule has 0 heterocycles. The molecule has 0 saturated carbocycles. The van der Waals surface area contributed by atoms with Crippen LogP contribution < -0.4 is 0 Å². The van der Waals surface area contributed by atoms with Crippen LogP contribution in [0.3, 0.4) is 0 Å². The molecule has 0 radical (unpaired) electrons. The van der Waals surface area contributed by atoms with Crippen molar-refractivity contribution in [2.45, 2.75) is 12.3 Å². The van der Waals surface area contributed by atoms with Crippen LogP contribution in [-0.2, 0) is 6.42 Å². The first-order chi connectivity index (χ1) is 8.70. The Labute approximate surface area is 120 Å². The molecule has 3 heteroatoms. The van der Waals surface area contributed by atoms with Gasteiger partial charge in [0.15, 0.2) is 0 Å². The highest BCUT2D eigenvalue weighted by molar-refractivity contribution is 9.10. The van der Waals surface area contributed by atoms with Gasteiger partial charge in [0.1, 0.15) is 5.82 Å². The van der Waals surface area contributed by atoms with Gasteiger partial charge in [-0.3, -0.25) is 0 Å². The molecule has 2 rings (SSSR count). The molecule has 0 bridgehead atoms. The topological polar surface area (TPSA) is 0 Å². The number of alkyl halides is 1. The first-order valence-electron chi connectivity index (χ1n) is 5.75. The molecule has 0 spiro atoms. The Bertz CT molecular complexity index is 513. The van der Waals surface area contributed by atoms with Gasteiger partial charge < -0.3 is 0 Å². The first kappa shape index (κ1) is 13.6. The van der Waals surface area contributed by atoms with Crippen molar-refractivity contribution in [3.8, 4) is 0 Å². The lowest BCUT2D eigenvalue weighted by atomic mass is 9.93. The van der Waals surface area contributed by atoms with Gasteiger partial charge in [-0.05, 0) is 29.7 Å². The standard InChI is InChI=1S/C15H13BrClF/c16-14-7-6-12(15(18)9-14)8-13(10-17)11-4-2-1-3-5-11/h1-7,9,13H,8,10H2. The van der Waals surface area contributed by atoms with E-state index in [0.717, 1.165) is 10.0 Å². The lowest BCUT2D eigenvalue weighted by Gasteiger charge is -2.15. The van der Waals surface area contributed by atoms with E-state index in [1.54, 1.807) is 0 Å². The van der Waals surface area contributed by atoms with E-state index in [-0.39, 0.29) is 11.7 Å². The lowest BCUT2D eigenvalue weighted by molar-refractivity contribution is 0.597. The van der Waals surface area contributed by atoms with Crippen molar-refractivity contribution in [2.75, 3.05) is 5.88 Å². The normalized spacial score (nSPS) is 12.4.